The van der Waals surface area contributed by atoms with Crippen molar-refractivity contribution in [2.24, 2.45) is 0 Å². The molecule has 0 aliphatic carbocycles. The van der Waals surface area contributed by atoms with Crippen LogP contribution in [-0.2, 0) is 4.79 Å². The molecule has 0 saturated carbocycles. The third-order valence-electron chi connectivity index (χ3n) is 3.27. The van der Waals surface area contributed by atoms with Gasteiger partial charge in [0.1, 0.15) is 11.8 Å². The van der Waals surface area contributed by atoms with E-state index in [0.29, 0.717) is 11.3 Å². The van der Waals surface area contributed by atoms with Crippen LogP contribution in [0.1, 0.15) is 37.6 Å². The number of nitrogens with zero attached hydrogens (tertiary/aromatic N) is 1. The average Bonchev–Trinajstić information content (AvgIpc) is 2.45. The van der Waals surface area contributed by atoms with Gasteiger partial charge in [0.05, 0.1) is 6.10 Å². The lowest BCUT2D eigenvalue weighted by Gasteiger charge is -2.21. The Balaban J connectivity index is 2.77. The average molecular weight is 279 g/mol. The van der Waals surface area contributed by atoms with Crippen LogP contribution >= 0.6 is 0 Å². The van der Waals surface area contributed by atoms with Crippen molar-refractivity contribution in [1.29, 1.82) is 0 Å². The predicted octanol–water partition coefficient (Wildman–Crippen LogP) is 2.41. The van der Waals surface area contributed by atoms with E-state index in [9.17, 15) is 9.59 Å². The quantitative estimate of drug-likeness (QED) is 0.868. The molecule has 1 N–H and O–H groups in total. The van der Waals surface area contributed by atoms with Gasteiger partial charge in [0.15, 0.2) is 0 Å². The zero-order valence-corrected chi connectivity index (χ0v) is 12.3. The van der Waals surface area contributed by atoms with Crippen molar-refractivity contribution in [2.75, 3.05) is 7.05 Å². The fourth-order valence-electron chi connectivity index (χ4n) is 1.54. The van der Waals surface area contributed by atoms with E-state index in [2.05, 4.69) is 0 Å². The summed E-state index contributed by atoms with van der Waals surface area (Å²) in [5.41, 5.74) is 0.442. The van der Waals surface area contributed by atoms with Crippen LogP contribution in [0.3, 0.4) is 0 Å². The molecule has 0 radical (unpaired) electrons. The van der Waals surface area contributed by atoms with Crippen molar-refractivity contribution in [1.82, 2.24) is 4.90 Å². The van der Waals surface area contributed by atoms with E-state index in [4.69, 9.17) is 9.84 Å². The SMILES string of the molecule is CCC(C)Oc1ccc(C(=O)N(C)C(C)C(=O)O)cc1. The third kappa shape index (κ3) is 3.98. The number of benzene rings is 1. The number of carbonyl (C=O) groups is 2. The molecule has 0 bridgehead atoms. The molecule has 0 saturated heterocycles. The summed E-state index contributed by atoms with van der Waals surface area (Å²) in [7, 11) is 1.48. The summed E-state index contributed by atoms with van der Waals surface area (Å²) in [5, 5.41) is 8.90. The Morgan fingerprint density at radius 3 is 2.25 bits per heavy atom. The minimum atomic E-state index is -1.03. The van der Waals surface area contributed by atoms with Crippen LogP contribution < -0.4 is 4.74 Å². The topological polar surface area (TPSA) is 66.8 Å². The highest BCUT2D eigenvalue weighted by Crippen LogP contribution is 2.16. The number of aliphatic carboxylic acids is 1. The Labute approximate surface area is 119 Å². The van der Waals surface area contributed by atoms with Crippen LogP contribution in [0.4, 0.5) is 0 Å². The van der Waals surface area contributed by atoms with E-state index in [0.717, 1.165) is 6.42 Å². The highest BCUT2D eigenvalue weighted by Gasteiger charge is 2.22. The van der Waals surface area contributed by atoms with Crippen molar-refractivity contribution in [3.63, 3.8) is 0 Å². The summed E-state index contributed by atoms with van der Waals surface area (Å²) < 4.78 is 5.63. The Bertz CT molecular complexity index is 469. The van der Waals surface area contributed by atoms with Gasteiger partial charge in [0.2, 0.25) is 0 Å². The molecular weight excluding hydrogens is 258 g/mol. The van der Waals surface area contributed by atoms with Gasteiger partial charge in [0.25, 0.3) is 5.91 Å². The van der Waals surface area contributed by atoms with Crippen LogP contribution in [0.5, 0.6) is 5.75 Å². The van der Waals surface area contributed by atoms with E-state index < -0.39 is 12.0 Å². The molecule has 0 aliphatic heterocycles. The Kier molecular flexibility index (Phi) is 5.55. The molecule has 0 aliphatic rings. The molecule has 1 aromatic carbocycles. The number of hydrogen-bond acceptors (Lipinski definition) is 3. The van der Waals surface area contributed by atoms with Gasteiger partial charge in [-0.3, -0.25) is 4.79 Å². The Morgan fingerprint density at radius 1 is 1.25 bits per heavy atom. The minimum Gasteiger partial charge on any atom is -0.491 e. The molecule has 20 heavy (non-hydrogen) atoms. The largest absolute Gasteiger partial charge is 0.491 e. The van der Waals surface area contributed by atoms with Crippen LogP contribution in [0.25, 0.3) is 0 Å². The number of carboxylic acid groups (broad SMARTS) is 1. The molecule has 5 heteroatoms. The lowest BCUT2D eigenvalue weighted by Crippen LogP contribution is -2.40. The molecule has 0 spiro atoms. The molecule has 0 aromatic heterocycles. The van der Waals surface area contributed by atoms with Gasteiger partial charge < -0.3 is 14.7 Å². The normalized spacial score (nSPS) is 13.4. The second kappa shape index (κ2) is 6.93. The summed E-state index contributed by atoms with van der Waals surface area (Å²) in [6.07, 6.45) is 1.02. The zero-order chi connectivity index (χ0) is 15.3. The predicted molar refractivity (Wildman–Crippen MR) is 76.0 cm³/mol. The van der Waals surface area contributed by atoms with E-state index >= 15 is 0 Å². The zero-order valence-electron chi connectivity index (χ0n) is 12.3. The molecule has 0 heterocycles. The van der Waals surface area contributed by atoms with Gasteiger partial charge in [-0.15, -0.1) is 0 Å². The highest BCUT2D eigenvalue weighted by atomic mass is 16.5. The summed E-state index contributed by atoms with van der Waals surface area (Å²) in [6, 6.07) is 5.87. The molecule has 1 rings (SSSR count). The minimum absolute atomic E-state index is 0.117. The fraction of sp³-hybridized carbons (Fsp3) is 0.467. The highest BCUT2D eigenvalue weighted by molar-refractivity contribution is 5.96. The number of likely N-dealkylation sites (N-methyl/N-ethyl adjacent to an activating group) is 1. The van der Waals surface area contributed by atoms with Crippen molar-refractivity contribution in [2.45, 2.75) is 39.3 Å². The van der Waals surface area contributed by atoms with Crippen molar-refractivity contribution < 1.29 is 19.4 Å². The maximum Gasteiger partial charge on any atom is 0.326 e. The molecule has 2 atom stereocenters. The maximum absolute atomic E-state index is 12.1. The van der Waals surface area contributed by atoms with Crippen molar-refractivity contribution in [3.05, 3.63) is 29.8 Å². The van der Waals surface area contributed by atoms with Crippen LogP contribution in [0.2, 0.25) is 0 Å². The first-order valence-corrected chi connectivity index (χ1v) is 6.63. The fourth-order valence-corrected chi connectivity index (χ4v) is 1.54. The van der Waals surface area contributed by atoms with Gasteiger partial charge in [-0.25, -0.2) is 4.79 Å². The lowest BCUT2D eigenvalue weighted by atomic mass is 10.1. The van der Waals surface area contributed by atoms with E-state index in [1.54, 1.807) is 24.3 Å². The monoisotopic (exact) mass is 279 g/mol. The summed E-state index contributed by atoms with van der Waals surface area (Å²) >= 11 is 0. The molecule has 110 valence electrons. The van der Waals surface area contributed by atoms with Crippen LogP contribution in [0, 0.1) is 0 Å². The summed E-state index contributed by atoms with van der Waals surface area (Å²) in [4.78, 5) is 24.2. The van der Waals surface area contributed by atoms with Gasteiger partial charge in [-0.05, 0) is 44.5 Å². The second-order valence-electron chi connectivity index (χ2n) is 4.79. The Morgan fingerprint density at radius 2 is 1.80 bits per heavy atom. The van der Waals surface area contributed by atoms with Gasteiger partial charge in [0, 0.05) is 12.6 Å². The smallest absolute Gasteiger partial charge is 0.326 e. The number of rotatable bonds is 6. The Hall–Kier alpha value is -2.04. The maximum atomic E-state index is 12.1. The van der Waals surface area contributed by atoms with Gasteiger partial charge in [-0.1, -0.05) is 6.92 Å². The first-order chi connectivity index (χ1) is 9.36. The summed E-state index contributed by atoms with van der Waals surface area (Å²) in [5.74, 6) is -0.655. The molecule has 1 aromatic rings. The van der Waals surface area contributed by atoms with E-state index in [1.807, 2.05) is 13.8 Å². The number of ether oxygens (including phenoxy) is 1. The number of carbonyl (C=O) groups excluding carboxylic acids is 1. The van der Waals surface area contributed by atoms with Crippen molar-refractivity contribution in [3.8, 4) is 5.75 Å². The molecule has 1 amide bonds. The summed E-state index contributed by atoms with van der Waals surface area (Å²) in [6.45, 7) is 5.48. The number of hydrogen-bond donors (Lipinski definition) is 1. The molecule has 5 nitrogen and oxygen atoms in total. The second-order valence-corrected chi connectivity index (χ2v) is 4.79. The molecule has 0 fully saturated rings. The van der Waals surface area contributed by atoms with Gasteiger partial charge >= 0.3 is 5.97 Å². The third-order valence-corrected chi connectivity index (χ3v) is 3.27. The van der Waals surface area contributed by atoms with E-state index in [1.165, 1.54) is 18.9 Å². The molecular formula is C15H21NO4. The first kappa shape index (κ1) is 16.0. The molecule has 2 unspecified atom stereocenters. The van der Waals surface area contributed by atoms with Crippen molar-refractivity contribution >= 4 is 11.9 Å². The number of amides is 1. The van der Waals surface area contributed by atoms with Crippen LogP contribution in [-0.4, -0.2) is 41.1 Å². The standard InChI is InChI=1S/C15H21NO4/c1-5-10(2)20-13-8-6-12(7-9-13)14(17)16(4)11(3)15(18)19/h6-11H,5H2,1-4H3,(H,18,19). The van der Waals surface area contributed by atoms with E-state index in [-0.39, 0.29) is 12.0 Å². The number of carboxylic acids is 1. The van der Waals surface area contributed by atoms with Crippen LogP contribution in [0.15, 0.2) is 24.3 Å². The van der Waals surface area contributed by atoms with Gasteiger partial charge in [-0.2, -0.15) is 0 Å². The lowest BCUT2D eigenvalue weighted by molar-refractivity contribution is -0.141. The first-order valence-electron chi connectivity index (χ1n) is 6.63.